The fourth-order valence-electron chi connectivity index (χ4n) is 4.17. The van der Waals surface area contributed by atoms with E-state index in [2.05, 4.69) is 30.4 Å². The Morgan fingerprint density at radius 2 is 2.13 bits per heavy atom. The number of benzene rings is 1. The first-order chi connectivity index (χ1) is 11.3. The van der Waals surface area contributed by atoms with Gasteiger partial charge in [0.2, 0.25) is 0 Å². The molecule has 0 saturated heterocycles. The van der Waals surface area contributed by atoms with Gasteiger partial charge in [-0.05, 0) is 79.9 Å². The van der Waals surface area contributed by atoms with Crippen molar-refractivity contribution >= 4 is 0 Å². The molecular formula is C21H31NO. The average Bonchev–Trinajstić information content (AvgIpc) is 3.00. The van der Waals surface area contributed by atoms with Gasteiger partial charge in [0.15, 0.2) is 0 Å². The number of rotatable bonds is 6. The van der Waals surface area contributed by atoms with Crippen LogP contribution in [0, 0.1) is 5.92 Å². The molecule has 0 amide bonds. The van der Waals surface area contributed by atoms with Crippen LogP contribution >= 0.6 is 0 Å². The van der Waals surface area contributed by atoms with E-state index in [0.29, 0.717) is 12.0 Å². The van der Waals surface area contributed by atoms with Gasteiger partial charge in [-0.2, -0.15) is 0 Å². The van der Waals surface area contributed by atoms with Gasteiger partial charge in [-0.3, -0.25) is 0 Å². The van der Waals surface area contributed by atoms with Gasteiger partial charge in [0.25, 0.3) is 0 Å². The number of hydrogen-bond acceptors (Lipinski definition) is 2. The Hall–Kier alpha value is -1.12. The largest absolute Gasteiger partial charge is 0.385 e. The number of methoxy groups -OCH3 is 1. The highest BCUT2D eigenvalue weighted by Crippen LogP contribution is 2.36. The number of ether oxygens (including phenoxy) is 1. The molecule has 2 nitrogen and oxygen atoms in total. The summed E-state index contributed by atoms with van der Waals surface area (Å²) in [6.07, 6.45) is 14.4. The second-order valence-corrected chi connectivity index (χ2v) is 7.36. The molecule has 0 heterocycles. The van der Waals surface area contributed by atoms with Gasteiger partial charge in [-0.25, -0.2) is 0 Å². The predicted octanol–water partition coefficient (Wildman–Crippen LogP) is 4.37. The summed E-state index contributed by atoms with van der Waals surface area (Å²) in [4.78, 5) is 0. The molecule has 1 saturated carbocycles. The molecule has 1 fully saturated rings. The van der Waals surface area contributed by atoms with Crippen LogP contribution in [0.25, 0.3) is 0 Å². The number of unbranched alkanes of at least 4 members (excludes halogenated alkanes) is 1. The first kappa shape index (κ1) is 16.7. The van der Waals surface area contributed by atoms with Crippen molar-refractivity contribution in [1.29, 1.82) is 0 Å². The molecule has 3 atom stereocenters. The first-order valence-electron chi connectivity index (χ1n) is 9.29. The molecule has 0 aromatic heterocycles. The van der Waals surface area contributed by atoms with Gasteiger partial charge < -0.3 is 10.5 Å². The molecule has 23 heavy (non-hydrogen) atoms. The highest BCUT2D eigenvalue weighted by Gasteiger charge is 2.24. The van der Waals surface area contributed by atoms with Crippen molar-refractivity contribution in [1.82, 2.24) is 0 Å². The molecule has 2 aliphatic carbocycles. The fraction of sp³-hybridized carbons (Fsp3) is 0.619. The van der Waals surface area contributed by atoms with Gasteiger partial charge in [0.05, 0.1) is 0 Å². The van der Waals surface area contributed by atoms with Crippen LogP contribution in [0.15, 0.2) is 30.4 Å². The molecule has 0 radical (unpaired) electrons. The molecule has 126 valence electrons. The number of aryl methyl sites for hydroxylation is 1. The topological polar surface area (TPSA) is 35.2 Å². The van der Waals surface area contributed by atoms with Gasteiger partial charge in [-0.1, -0.05) is 30.4 Å². The lowest BCUT2D eigenvalue weighted by molar-refractivity contribution is 0.196. The number of allylic oxidation sites excluding steroid dienone is 2. The minimum absolute atomic E-state index is 0.420. The van der Waals surface area contributed by atoms with Crippen molar-refractivity contribution in [2.75, 3.05) is 13.7 Å². The maximum atomic E-state index is 6.08. The van der Waals surface area contributed by atoms with Crippen molar-refractivity contribution in [2.24, 2.45) is 11.7 Å². The van der Waals surface area contributed by atoms with E-state index in [1.165, 1.54) is 44.1 Å². The van der Waals surface area contributed by atoms with Crippen LogP contribution in [-0.4, -0.2) is 19.8 Å². The van der Waals surface area contributed by atoms with E-state index in [0.717, 1.165) is 25.4 Å². The van der Waals surface area contributed by atoms with Crippen LogP contribution in [0.5, 0.6) is 0 Å². The second-order valence-electron chi connectivity index (χ2n) is 7.36. The smallest absolute Gasteiger partial charge is 0.0465 e. The molecule has 2 N–H and O–H groups in total. The Bertz CT molecular complexity index is 537. The number of hydrogen-bond donors (Lipinski definition) is 1. The summed E-state index contributed by atoms with van der Waals surface area (Å²) < 4.78 is 5.10. The second kappa shape index (κ2) is 8.12. The zero-order chi connectivity index (χ0) is 16.1. The lowest BCUT2D eigenvalue weighted by Crippen LogP contribution is -2.15. The van der Waals surface area contributed by atoms with Crippen LogP contribution in [0.2, 0.25) is 0 Å². The van der Waals surface area contributed by atoms with Crippen molar-refractivity contribution in [3.8, 4) is 0 Å². The molecule has 2 unspecified atom stereocenters. The monoisotopic (exact) mass is 313 g/mol. The molecule has 2 heteroatoms. The zero-order valence-electron chi connectivity index (χ0n) is 14.5. The van der Waals surface area contributed by atoms with E-state index >= 15 is 0 Å². The van der Waals surface area contributed by atoms with Crippen LogP contribution in [0.1, 0.15) is 61.1 Å². The Kier molecular flexibility index (Phi) is 5.91. The van der Waals surface area contributed by atoms with E-state index in [-0.39, 0.29) is 0 Å². The van der Waals surface area contributed by atoms with Gasteiger partial charge in [0, 0.05) is 19.8 Å². The molecule has 3 rings (SSSR count). The molecule has 2 aliphatic rings. The number of fused-ring (bicyclic) bond motifs is 1. The van der Waals surface area contributed by atoms with Gasteiger partial charge >= 0.3 is 0 Å². The maximum absolute atomic E-state index is 6.08. The summed E-state index contributed by atoms with van der Waals surface area (Å²) in [5, 5.41) is 0. The van der Waals surface area contributed by atoms with Crippen molar-refractivity contribution < 1.29 is 4.74 Å². The molecular weight excluding hydrogens is 282 g/mol. The SMILES string of the molecule is COCCC/C=C/[C@H]1CCc2cc(C3CCC(N)C3)ccc2C1. The summed E-state index contributed by atoms with van der Waals surface area (Å²) in [5.41, 5.74) is 10.8. The Morgan fingerprint density at radius 3 is 2.91 bits per heavy atom. The minimum atomic E-state index is 0.420. The van der Waals surface area contributed by atoms with Crippen molar-refractivity contribution in [3.63, 3.8) is 0 Å². The van der Waals surface area contributed by atoms with E-state index < -0.39 is 0 Å². The van der Waals surface area contributed by atoms with Crippen LogP contribution in [-0.2, 0) is 17.6 Å². The summed E-state index contributed by atoms with van der Waals surface area (Å²) in [6, 6.07) is 7.66. The van der Waals surface area contributed by atoms with Crippen LogP contribution in [0.3, 0.4) is 0 Å². The lowest BCUT2D eigenvalue weighted by atomic mass is 9.81. The van der Waals surface area contributed by atoms with E-state index in [9.17, 15) is 0 Å². The Labute approximate surface area is 141 Å². The molecule has 0 aliphatic heterocycles. The normalized spacial score (nSPS) is 27.5. The summed E-state index contributed by atoms with van der Waals surface area (Å²) in [6.45, 7) is 0.867. The third-order valence-electron chi connectivity index (χ3n) is 5.57. The van der Waals surface area contributed by atoms with E-state index in [4.69, 9.17) is 10.5 Å². The molecule has 1 aromatic carbocycles. The summed E-state index contributed by atoms with van der Waals surface area (Å²) in [5.74, 6) is 1.42. The zero-order valence-corrected chi connectivity index (χ0v) is 14.5. The highest BCUT2D eigenvalue weighted by molar-refractivity contribution is 5.36. The highest BCUT2D eigenvalue weighted by atomic mass is 16.5. The first-order valence-corrected chi connectivity index (χ1v) is 9.29. The van der Waals surface area contributed by atoms with Gasteiger partial charge in [-0.15, -0.1) is 0 Å². The standard InChI is InChI=1S/C21H31NO/c1-23-12-4-2-3-5-16-6-7-18-14-19(9-8-17(18)13-16)20-10-11-21(22)15-20/h3,5,8-9,14,16,20-21H,2,4,6-7,10-13,15,22H2,1H3/b5-3+/t16-,20?,21?/m0/s1. The fourth-order valence-corrected chi connectivity index (χ4v) is 4.17. The van der Waals surface area contributed by atoms with Gasteiger partial charge in [0.1, 0.15) is 0 Å². The molecule has 0 bridgehead atoms. The van der Waals surface area contributed by atoms with Crippen LogP contribution in [0.4, 0.5) is 0 Å². The van der Waals surface area contributed by atoms with Crippen LogP contribution < -0.4 is 5.73 Å². The number of nitrogens with two attached hydrogens (primary N) is 1. The summed E-state index contributed by atoms with van der Waals surface area (Å²) in [7, 11) is 1.77. The lowest BCUT2D eigenvalue weighted by Gasteiger charge is -2.24. The quantitative estimate of drug-likeness (QED) is 0.625. The molecule has 0 spiro atoms. The van der Waals surface area contributed by atoms with Crippen molar-refractivity contribution in [2.45, 2.75) is 63.3 Å². The molecule has 1 aromatic rings. The predicted molar refractivity (Wildman–Crippen MR) is 96.8 cm³/mol. The maximum Gasteiger partial charge on any atom is 0.0465 e. The third-order valence-corrected chi connectivity index (χ3v) is 5.57. The average molecular weight is 313 g/mol. The van der Waals surface area contributed by atoms with E-state index in [1.807, 2.05) is 0 Å². The minimum Gasteiger partial charge on any atom is -0.385 e. The van der Waals surface area contributed by atoms with Crippen molar-refractivity contribution in [3.05, 3.63) is 47.0 Å². The Balaban J connectivity index is 1.57. The third kappa shape index (κ3) is 4.45. The summed E-state index contributed by atoms with van der Waals surface area (Å²) >= 11 is 0. The Morgan fingerprint density at radius 1 is 1.22 bits per heavy atom. The van der Waals surface area contributed by atoms with E-state index in [1.54, 1.807) is 18.2 Å².